The Morgan fingerprint density at radius 2 is 1.92 bits per heavy atom. The Balaban J connectivity index is 1.57. The summed E-state index contributed by atoms with van der Waals surface area (Å²) in [5, 5.41) is 7.15. The van der Waals surface area contributed by atoms with Crippen LogP contribution in [0.15, 0.2) is 52.6 Å². The number of carbonyl (C=O) groups is 1. The number of rotatable bonds is 8. The molecule has 2 amide bonds. The molecule has 1 N–H and O–H groups in total. The number of carbonyl (C=O) groups excluding carboxylic acids is 1. The van der Waals surface area contributed by atoms with Crippen LogP contribution >= 0.6 is 0 Å². The molecule has 0 saturated heterocycles. The molecule has 3 rings (SSSR count). The van der Waals surface area contributed by atoms with Crippen molar-refractivity contribution in [2.24, 2.45) is 0 Å². The number of oxazole rings is 2. The second kappa shape index (κ2) is 8.13. The summed E-state index contributed by atoms with van der Waals surface area (Å²) in [6.45, 7) is 3.34. The molecule has 1 unspecified atom stereocenters. The third-order valence-corrected chi connectivity index (χ3v) is 3.68. The SMILES string of the molecule is CC(CCn1cccn1)NC(=O)N(Cc1cocn1)Cc1cocn1. The van der Waals surface area contributed by atoms with Crippen LogP contribution in [0.5, 0.6) is 0 Å². The summed E-state index contributed by atoms with van der Waals surface area (Å²) in [4.78, 5) is 22.4. The maximum atomic E-state index is 12.6. The van der Waals surface area contributed by atoms with E-state index in [1.54, 1.807) is 11.1 Å². The molecular formula is C16H20N6O3. The lowest BCUT2D eigenvalue weighted by atomic mass is 10.2. The molecule has 132 valence electrons. The van der Waals surface area contributed by atoms with E-state index in [0.29, 0.717) is 24.5 Å². The molecule has 3 heterocycles. The van der Waals surface area contributed by atoms with E-state index in [0.717, 1.165) is 13.0 Å². The first kappa shape index (κ1) is 16.7. The summed E-state index contributed by atoms with van der Waals surface area (Å²) < 4.78 is 11.8. The minimum atomic E-state index is -0.195. The van der Waals surface area contributed by atoms with Crippen molar-refractivity contribution in [2.45, 2.75) is 39.0 Å². The van der Waals surface area contributed by atoms with Gasteiger partial charge in [-0.05, 0) is 19.4 Å². The van der Waals surface area contributed by atoms with Gasteiger partial charge in [-0.1, -0.05) is 0 Å². The number of aromatic nitrogens is 4. The third-order valence-electron chi connectivity index (χ3n) is 3.68. The summed E-state index contributed by atoms with van der Waals surface area (Å²) in [5.41, 5.74) is 1.34. The Bertz CT molecular complexity index is 703. The fourth-order valence-electron chi connectivity index (χ4n) is 2.35. The molecular weight excluding hydrogens is 324 g/mol. The molecule has 0 fully saturated rings. The average Bonchev–Trinajstić information content (AvgIpc) is 3.35. The molecule has 1 atom stereocenters. The number of nitrogens with one attached hydrogen (secondary N) is 1. The maximum absolute atomic E-state index is 12.6. The van der Waals surface area contributed by atoms with E-state index < -0.39 is 0 Å². The van der Waals surface area contributed by atoms with Gasteiger partial charge in [-0.3, -0.25) is 4.68 Å². The molecule has 9 heteroatoms. The Labute approximate surface area is 144 Å². The Morgan fingerprint density at radius 3 is 2.44 bits per heavy atom. The topological polar surface area (TPSA) is 102 Å². The van der Waals surface area contributed by atoms with Crippen LogP contribution in [0, 0.1) is 0 Å². The molecule has 0 bridgehead atoms. The molecule has 0 radical (unpaired) electrons. The second-order valence-corrected chi connectivity index (χ2v) is 5.72. The highest BCUT2D eigenvalue weighted by Crippen LogP contribution is 2.09. The van der Waals surface area contributed by atoms with Crippen molar-refractivity contribution in [1.82, 2.24) is 30.0 Å². The molecule has 0 aliphatic heterocycles. The van der Waals surface area contributed by atoms with Crippen LogP contribution in [-0.4, -0.2) is 36.7 Å². The van der Waals surface area contributed by atoms with Crippen molar-refractivity contribution in [3.8, 4) is 0 Å². The standard InChI is InChI=1S/C16H20N6O3/c1-13(3-6-22-5-2-4-19-22)20-16(23)21(7-14-9-24-11-17-14)8-15-10-25-12-18-15/h2,4-5,9-13H,3,6-8H2,1H3,(H,20,23). The van der Waals surface area contributed by atoms with Gasteiger partial charge in [-0.25, -0.2) is 14.8 Å². The van der Waals surface area contributed by atoms with Crippen molar-refractivity contribution in [1.29, 1.82) is 0 Å². The summed E-state index contributed by atoms with van der Waals surface area (Å²) in [6, 6.07) is 1.67. The average molecular weight is 344 g/mol. The van der Waals surface area contributed by atoms with Crippen LogP contribution in [0.25, 0.3) is 0 Å². The predicted molar refractivity (Wildman–Crippen MR) is 87.1 cm³/mol. The van der Waals surface area contributed by atoms with Crippen LogP contribution in [-0.2, 0) is 19.6 Å². The van der Waals surface area contributed by atoms with Gasteiger partial charge in [-0.15, -0.1) is 0 Å². The van der Waals surface area contributed by atoms with E-state index in [1.807, 2.05) is 23.9 Å². The molecule has 0 spiro atoms. The van der Waals surface area contributed by atoms with E-state index in [-0.39, 0.29) is 12.1 Å². The zero-order chi connectivity index (χ0) is 17.5. The molecule has 3 aromatic heterocycles. The number of hydrogen-bond acceptors (Lipinski definition) is 6. The Hall–Kier alpha value is -3.10. The lowest BCUT2D eigenvalue weighted by Gasteiger charge is -2.23. The number of hydrogen-bond donors (Lipinski definition) is 1. The fourth-order valence-corrected chi connectivity index (χ4v) is 2.35. The smallest absolute Gasteiger partial charge is 0.318 e. The van der Waals surface area contributed by atoms with E-state index in [4.69, 9.17) is 8.83 Å². The zero-order valence-corrected chi connectivity index (χ0v) is 13.9. The van der Waals surface area contributed by atoms with Crippen LogP contribution < -0.4 is 5.32 Å². The van der Waals surface area contributed by atoms with E-state index >= 15 is 0 Å². The van der Waals surface area contributed by atoms with Gasteiger partial charge in [0.2, 0.25) is 0 Å². The first-order valence-electron chi connectivity index (χ1n) is 7.97. The quantitative estimate of drug-likeness (QED) is 0.671. The third kappa shape index (κ3) is 4.93. The summed E-state index contributed by atoms with van der Waals surface area (Å²) in [5.74, 6) is 0. The largest absolute Gasteiger partial charge is 0.451 e. The first-order valence-corrected chi connectivity index (χ1v) is 7.97. The molecule has 3 aromatic rings. The maximum Gasteiger partial charge on any atom is 0.318 e. The van der Waals surface area contributed by atoms with Crippen molar-refractivity contribution in [3.63, 3.8) is 0 Å². The summed E-state index contributed by atoms with van der Waals surface area (Å²) in [6.07, 6.45) is 10.1. The van der Waals surface area contributed by atoms with Crippen molar-refractivity contribution < 1.29 is 13.6 Å². The highest BCUT2D eigenvalue weighted by molar-refractivity contribution is 5.74. The number of aryl methyl sites for hydroxylation is 1. The van der Waals surface area contributed by atoms with Crippen LogP contribution in [0.4, 0.5) is 4.79 Å². The molecule has 9 nitrogen and oxygen atoms in total. The number of urea groups is 1. The monoisotopic (exact) mass is 344 g/mol. The lowest BCUT2D eigenvalue weighted by Crippen LogP contribution is -2.43. The molecule has 0 saturated carbocycles. The van der Waals surface area contributed by atoms with Crippen molar-refractivity contribution in [2.75, 3.05) is 0 Å². The van der Waals surface area contributed by atoms with Crippen LogP contribution in [0.1, 0.15) is 24.7 Å². The van der Waals surface area contributed by atoms with Gasteiger partial charge in [0, 0.05) is 25.0 Å². The first-order chi connectivity index (χ1) is 12.2. The fraction of sp³-hybridized carbons (Fsp3) is 0.375. The normalized spacial score (nSPS) is 12.0. The zero-order valence-electron chi connectivity index (χ0n) is 13.9. The predicted octanol–water partition coefficient (Wildman–Crippen LogP) is 2.05. The number of nitrogens with zero attached hydrogens (tertiary/aromatic N) is 5. The lowest BCUT2D eigenvalue weighted by molar-refractivity contribution is 0.186. The molecule has 0 aliphatic rings. The van der Waals surface area contributed by atoms with Crippen LogP contribution in [0.2, 0.25) is 0 Å². The highest BCUT2D eigenvalue weighted by atomic mass is 16.3. The van der Waals surface area contributed by atoms with Gasteiger partial charge in [-0.2, -0.15) is 5.10 Å². The van der Waals surface area contributed by atoms with Gasteiger partial charge >= 0.3 is 6.03 Å². The van der Waals surface area contributed by atoms with Crippen molar-refractivity contribution in [3.05, 3.63) is 55.2 Å². The second-order valence-electron chi connectivity index (χ2n) is 5.72. The highest BCUT2D eigenvalue weighted by Gasteiger charge is 2.19. The Kier molecular flexibility index (Phi) is 5.45. The summed E-state index contributed by atoms with van der Waals surface area (Å²) >= 11 is 0. The molecule has 0 aromatic carbocycles. The number of amides is 2. The van der Waals surface area contributed by atoms with Crippen LogP contribution in [0.3, 0.4) is 0 Å². The molecule has 0 aliphatic carbocycles. The van der Waals surface area contributed by atoms with Gasteiger partial charge in [0.15, 0.2) is 12.8 Å². The van der Waals surface area contributed by atoms with Crippen molar-refractivity contribution >= 4 is 6.03 Å². The molecule has 25 heavy (non-hydrogen) atoms. The minimum Gasteiger partial charge on any atom is -0.451 e. The van der Waals surface area contributed by atoms with E-state index in [1.165, 1.54) is 25.3 Å². The van der Waals surface area contributed by atoms with Gasteiger partial charge < -0.3 is 19.1 Å². The minimum absolute atomic E-state index is 0.00572. The van der Waals surface area contributed by atoms with E-state index in [2.05, 4.69) is 20.4 Å². The van der Waals surface area contributed by atoms with E-state index in [9.17, 15) is 4.79 Å². The summed E-state index contributed by atoms with van der Waals surface area (Å²) in [7, 11) is 0. The van der Waals surface area contributed by atoms with Gasteiger partial charge in [0.25, 0.3) is 0 Å². The van der Waals surface area contributed by atoms with Gasteiger partial charge in [0.05, 0.1) is 24.5 Å². The Morgan fingerprint density at radius 1 is 1.24 bits per heavy atom. The van der Waals surface area contributed by atoms with Gasteiger partial charge in [0.1, 0.15) is 12.5 Å².